The number of hydrazine groups is 1. The van der Waals surface area contributed by atoms with Crippen LogP contribution in [0.2, 0.25) is 0 Å². The van der Waals surface area contributed by atoms with Gasteiger partial charge in [-0.15, -0.1) is 0 Å². The maximum Gasteiger partial charge on any atom is 0.416 e. The van der Waals surface area contributed by atoms with E-state index in [1.54, 1.807) is 7.05 Å². The van der Waals surface area contributed by atoms with Crippen LogP contribution in [-0.4, -0.2) is 25.1 Å². The van der Waals surface area contributed by atoms with Crippen molar-refractivity contribution in [3.05, 3.63) is 47.7 Å². The number of allylic oxidation sites excluding steroid dienone is 1. The lowest BCUT2D eigenvalue weighted by atomic mass is 10.1. The van der Waals surface area contributed by atoms with E-state index in [1.807, 2.05) is 0 Å². The number of carbonyl (C=O) groups excluding carboxylic acids is 1. The Hall–Kier alpha value is -2.15. The number of aldehydes is 1. The van der Waals surface area contributed by atoms with Crippen LogP contribution in [0.5, 0.6) is 0 Å². The summed E-state index contributed by atoms with van der Waals surface area (Å²) in [5.74, 6) is 0. The van der Waals surface area contributed by atoms with E-state index in [9.17, 15) is 18.0 Å². The van der Waals surface area contributed by atoms with Crippen LogP contribution in [0.4, 0.5) is 13.2 Å². The highest BCUT2D eigenvalue weighted by Crippen LogP contribution is 2.30. The van der Waals surface area contributed by atoms with Crippen LogP contribution in [0.15, 0.2) is 41.5 Å². The van der Waals surface area contributed by atoms with E-state index in [-0.39, 0.29) is 0 Å². The zero-order valence-electron chi connectivity index (χ0n) is 10.8. The summed E-state index contributed by atoms with van der Waals surface area (Å²) in [7, 11) is 1.59. The summed E-state index contributed by atoms with van der Waals surface area (Å²) in [5, 5.41) is 1.41. The van der Waals surface area contributed by atoms with Crippen molar-refractivity contribution < 1.29 is 18.0 Å². The Morgan fingerprint density at radius 3 is 2.70 bits per heavy atom. The van der Waals surface area contributed by atoms with Crippen molar-refractivity contribution in [1.29, 1.82) is 0 Å². The quantitative estimate of drug-likeness (QED) is 0.378. The molecule has 0 spiro atoms. The minimum absolute atomic E-state index is 0.321. The van der Waals surface area contributed by atoms with Crippen molar-refractivity contribution in [2.75, 3.05) is 7.05 Å². The number of rotatable bonds is 6. The van der Waals surface area contributed by atoms with E-state index < -0.39 is 17.9 Å². The summed E-state index contributed by atoms with van der Waals surface area (Å²) < 4.78 is 37.9. The highest BCUT2D eigenvalue weighted by molar-refractivity contribution is 5.64. The summed E-state index contributed by atoms with van der Waals surface area (Å²) in [5.41, 5.74) is 2.35. The minimum atomic E-state index is -4.41. The van der Waals surface area contributed by atoms with Crippen LogP contribution in [0, 0.1) is 0 Å². The fourth-order valence-corrected chi connectivity index (χ4v) is 1.51. The lowest BCUT2D eigenvalue weighted by Gasteiger charge is -2.22. The summed E-state index contributed by atoms with van der Waals surface area (Å²) in [6.45, 7) is 3.35. The average molecular weight is 285 g/mol. The van der Waals surface area contributed by atoms with E-state index in [0.29, 0.717) is 11.8 Å². The van der Waals surface area contributed by atoms with Crippen LogP contribution in [0.25, 0.3) is 0 Å². The molecule has 0 aliphatic rings. The molecule has 0 radical (unpaired) electrons. The first-order chi connectivity index (χ1) is 9.38. The molecule has 1 unspecified atom stereocenters. The number of benzene rings is 1. The molecule has 1 rings (SSSR count). The molecule has 0 aliphatic carbocycles. The highest BCUT2D eigenvalue weighted by Gasteiger charge is 2.30. The van der Waals surface area contributed by atoms with E-state index in [4.69, 9.17) is 0 Å². The van der Waals surface area contributed by atoms with E-state index >= 15 is 0 Å². The van der Waals surface area contributed by atoms with Gasteiger partial charge in [-0.05, 0) is 30.5 Å². The molecule has 1 N–H and O–H groups in total. The van der Waals surface area contributed by atoms with Crippen molar-refractivity contribution in [2.24, 2.45) is 4.99 Å². The van der Waals surface area contributed by atoms with Gasteiger partial charge in [0.05, 0.1) is 5.56 Å². The summed E-state index contributed by atoms with van der Waals surface area (Å²) in [6, 6.07) is 4.81. The van der Waals surface area contributed by atoms with Crippen molar-refractivity contribution in [3.63, 3.8) is 0 Å². The number of aliphatic imine (C=N–C) groups is 1. The molecule has 0 saturated carbocycles. The van der Waals surface area contributed by atoms with Crippen LogP contribution >= 0.6 is 0 Å². The van der Waals surface area contributed by atoms with Gasteiger partial charge >= 0.3 is 6.18 Å². The molecule has 0 heterocycles. The maximum absolute atomic E-state index is 12.6. The van der Waals surface area contributed by atoms with Gasteiger partial charge in [0.1, 0.15) is 12.5 Å². The summed E-state index contributed by atoms with van der Waals surface area (Å²) >= 11 is 0. The smallest absolute Gasteiger partial charge is 0.316 e. The molecule has 0 aliphatic heterocycles. The average Bonchev–Trinajstić information content (AvgIpc) is 2.41. The first-order valence-corrected chi connectivity index (χ1v) is 5.62. The molecular formula is C13H14F3N3O. The predicted octanol–water partition coefficient (Wildman–Crippen LogP) is 2.55. The third kappa shape index (κ3) is 4.51. The zero-order valence-corrected chi connectivity index (χ0v) is 10.8. The van der Waals surface area contributed by atoms with Gasteiger partial charge in [0.25, 0.3) is 0 Å². The van der Waals surface area contributed by atoms with Crippen LogP contribution in [0.1, 0.15) is 17.3 Å². The molecule has 108 valence electrons. The molecule has 7 heteroatoms. The Kier molecular flexibility index (Phi) is 5.45. The standard InChI is InChI=1S/C13H14F3N3O/c1-17-12(18-19(2)7-4-8-20)10-5-3-6-11(9-10)13(14,15)16/h3-9,12,18H,1H2,2H3/b7-4-. The molecule has 0 fully saturated rings. The van der Waals surface area contributed by atoms with E-state index in [2.05, 4.69) is 17.1 Å². The number of hydrogen-bond acceptors (Lipinski definition) is 4. The second-order valence-corrected chi connectivity index (χ2v) is 3.93. The normalized spacial score (nSPS) is 13.2. The van der Waals surface area contributed by atoms with Gasteiger partial charge < -0.3 is 5.01 Å². The monoisotopic (exact) mass is 285 g/mol. The zero-order chi connectivity index (χ0) is 15.2. The van der Waals surface area contributed by atoms with Gasteiger partial charge in [0, 0.05) is 13.2 Å². The lowest BCUT2D eigenvalue weighted by Crippen LogP contribution is -2.32. The SMILES string of the molecule is C=NC(NN(C)/C=C\C=O)c1cccc(C(F)(F)F)c1. The second-order valence-electron chi connectivity index (χ2n) is 3.93. The summed E-state index contributed by atoms with van der Waals surface area (Å²) in [6.07, 6.45) is -1.93. The van der Waals surface area contributed by atoms with Crippen LogP contribution in [0.3, 0.4) is 0 Å². The molecule has 4 nitrogen and oxygen atoms in total. The van der Waals surface area contributed by atoms with Gasteiger partial charge in [-0.25, -0.2) is 5.43 Å². The van der Waals surface area contributed by atoms with E-state index in [1.165, 1.54) is 29.4 Å². The molecule has 1 aromatic rings. The Labute approximate surface area is 114 Å². The molecule has 0 aromatic heterocycles. The number of nitrogens with zero attached hydrogens (tertiary/aromatic N) is 2. The number of alkyl halides is 3. The number of carbonyl (C=O) groups is 1. The lowest BCUT2D eigenvalue weighted by molar-refractivity contribution is -0.137. The molecule has 0 bridgehead atoms. The Morgan fingerprint density at radius 2 is 2.15 bits per heavy atom. The van der Waals surface area contributed by atoms with Crippen molar-refractivity contribution in [2.45, 2.75) is 12.3 Å². The minimum Gasteiger partial charge on any atom is -0.316 e. The highest BCUT2D eigenvalue weighted by atomic mass is 19.4. The maximum atomic E-state index is 12.6. The third-order valence-corrected chi connectivity index (χ3v) is 2.43. The summed E-state index contributed by atoms with van der Waals surface area (Å²) in [4.78, 5) is 13.9. The van der Waals surface area contributed by atoms with Crippen LogP contribution < -0.4 is 5.43 Å². The third-order valence-electron chi connectivity index (χ3n) is 2.43. The number of hydrogen-bond donors (Lipinski definition) is 1. The number of nitrogens with one attached hydrogen (secondary N) is 1. The largest absolute Gasteiger partial charge is 0.416 e. The molecule has 1 atom stereocenters. The Balaban J connectivity index is 2.93. The molecule has 20 heavy (non-hydrogen) atoms. The van der Waals surface area contributed by atoms with Gasteiger partial charge in [-0.3, -0.25) is 9.79 Å². The van der Waals surface area contributed by atoms with E-state index in [0.717, 1.165) is 12.1 Å². The topological polar surface area (TPSA) is 44.7 Å². The fourth-order valence-electron chi connectivity index (χ4n) is 1.51. The Morgan fingerprint density at radius 1 is 1.45 bits per heavy atom. The first-order valence-electron chi connectivity index (χ1n) is 5.62. The van der Waals surface area contributed by atoms with Gasteiger partial charge in [0.2, 0.25) is 0 Å². The van der Waals surface area contributed by atoms with Crippen molar-refractivity contribution in [3.8, 4) is 0 Å². The molecule has 1 aromatic carbocycles. The van der Waals surface area contributed by atoms with Gasteiger partial charge in [-0.2, -0.15) is 13.2 Å². The fraction of sp³-hybridized carbons (Fsp3) is 0.231. The molecule has 0 saturated heterocycles. The number of halogens is 3. The van der Waals surface area contributed by atoms with Crippen molar-refractivity contribution in [1.82, 2.24) is 10.4 Å². The predicted molar refractivity (Wildman–Crippen MR) is 69.8 cm³/mol. The second kappa shape index (κ2) is 6.85. The van der Waals surface area contributed by atoms with Crippen LogP contribution in [-0.2, 0) is 11.0 Å². The van der Waals surface area contributed by atoms with Crippen molar-refractivity contribution >= 4 is 13.0 Å². The van der Waals surface area contributed by atoms with Gasteiger partial charge in [-0.1, -0.05) is 12.1 Å². The van der Waals surface area contributed by atoms with Gasteiger partial charge in [0.15, 0.2) is 0 Å². The molecular weight excluding hydrogens is 271 g/mol. The first kappa shape index (κ1) is 15.9. The Bertz CT molecular complexity index is 500. The molecule has 0 amide bonds.